The summed E-state index contributed by atoms with van der Waals surface area (Å²) in [5.74, 6) is -0.362. The van der Waals surface area contributed by atoms with E-state index < -0.39 is 0 Å². The smallest absolute Gasteiger partial charge is 0.255 e. The van der Waals surface area contributed by atoms with Crippen LogP contribution >= 0.6 is 0 Å². The van der Waals surface area contributed by atoms with Crippen LogP contribution in [0.15, 0.2) is 36.4 Å². The molecule has 5 heteroatoms. The van der Waals surface area contributed by atoms with Gasteiger partial charge < -0.3 is 4.90 Å². The van der Waals surface area contributed by atoms with Gasteiger partial charge in [-0.3, -0.25) is 14.4 Å². The molecule has 0 saturated carbocycles. The Balaban J connectivity index is 1.65. The first-order valence-electron chi connectivity index (χ1n) is 9.49. The summed E-state index contributed by atoms with van der Waals surface area (Å²) in [5, 5.41) is 0. The van der Waals surface area contributed by atoms with Gasteiger partial charge in [0.15, 0.2) is 0 Å². The molecule has 2 heterocycles. The summed E-state index contributed by atoms with van der Waals surface area (Å²) in [4.78, 5) is 42.0. The standard InChI is InChI=1S/C21H24N2O3/c1-14-10-12-22(13-11-14)19(24)17-8-4-5-9-18(17)23-20(25)15-6-2-3-7-16(15)21(23)26/h2-5,8-9,14-16H,6-7,10-13H2,1H3. The first-order valence-corrected chi connectivity index (χ1v) is 9.49. The van der Waals surface area contributed by atoms with E-state index in [2.05, 4.69) is 6.92 Å². The number of nitrogens with zero attached hydrogens (tertiary/aromatic N) is 2. The Morgan fingerprint density at radius 2 is 1.54 bits per heavy atom. The zero-order valence-corrected chi connectivity index (χ0v) is 15.1. The van der Waals surface area contributed by atoms with Gasteiger partial charge in [0.05, 0.1) is 23.1 Å². The molecule has 0 N–H and O–H groups in total. The number of imide groups is 1. The minimum absolute atomic E-state index is 0.0823. The second-order valence-electron chi connectivity index (χ2n) is 7.66. The Kier molecular flexibility index (Phi) is 4.39. The number of carbonyl (C=O) groups excluding carboxylic acids is 3. The fourth-order valence-electron chi connectivity index (χ4n) is 4.27. The van der Waals surface area contributed by atoms with Gasteiger partial charge in [-0.2, -0.15) is 0 Å². The maximum absolute atomic E-state index is 13.1. The molecular weight excluding hydrogens is 328 g/mol. The fourth-order valence-corrected chi connectivity index (χ4v) is 4.27. The number of hydrogen-bond donors (Lipinski definition) is 0. The van der Waals surface area contributed by atoms with Crippen LogP contribution < -0.4 is 4.90 Å². The summed E-state index contributed by atoms with van der Waals surface area (Å²) < 4.78 is 0. The average molecular weight is 352 g/mol. The molecule has 0 radical (unpaired) electrons. The third-order valence-corrected chi connectivity index (χ3v) is 5.95. The number of fused-ring (bicyclic) bond motifs is 1. The van der Waals surface area contributed by atoms with E-state index in [1.54, 1.807) is 24.3 Å². The molecule has 2 saturated heterocycles. The van der Waals surface area contributed by atoms with E-state index in [4.69, 9.17) is 0 Å². The lowest BCUT2D eigenvalue weighted by Crippen LogP contribution is -2.39. The second kappa shape index (κ2) is 6.71. The van der Waals surface area contributed by atoms with Crippen molar-refractivity contribution in [3.63, 3.8) is 0 Å². The lowest BCUT2D eigenvalue weighted by atomic mass is 9.85. The fraction of sp³-hybridized carbons (Fsp3) is 0.476. The van der Waals surface area contributed by atoms with Crippen molar-refractivity contribution in [2.75, 3.05) is 18.0 Å². The molecule has 3 aliphatic rings. The summed E-state index contributed by atoms with van der Waals surface area (Å²) in [6.07, 6.45) is 7.14. The molecule has 2 unspecified atom stereocenters. The van der Waals surface area contributed by atoms with Gasteiger partial charge in [0, 0.05) is 13.1 Å². The van der Waals surface area contributed by atoms with Gasteiger partial charge >= 0.3 is 0 Å². The Bertz CT molecular complexity index is 751. The molecule has 2 atom stereocenters. The highest BCUT2D eigenvalue weighted by Crippen LogP contribution is 2.39. The Labute approximate surface area is 153 Å². The molecule has 0 spiro atoms. The van der Waals surface area contributed by atoms with Gasteiger partial charge in [-0.15, -0.1) is 0 Å². The van der Waals surface area contributed by atoms with E-state index in [0.29, 0.717) is 30.0 Å². The van der Waals surface area contributed by atoms with E-state index in [1.807, 2.05) is 17.1 Å². The highest BCUT2D eigenvalue weighted by molar-refractivity contribution is 6.24. The van der Waals surface area contributed by atoms with Crippen LogP contribution in [-0.4, -0.2) is 35.7 Å². The van der Waals surface area contributed by atoms with Crippen LogP contribution in [0.4, 0.5) is 5.69 Å². The molecule has 1 aromatic carbocycles. The third kappa shape index (κ3) is 2.75. The number of benzene rings is 1. The molecule has 26 heavy (non-hydrogen) atoms. The van der Waals surface area contributed by atoms with Crippen molar-refractivity contribution < 1.29 is 14.4 Å². The largest absolute Gasteiger partial charge is 0.339 e. The molecule has 0 aromatic heterocycles. The van der Waals surface area contributed by atoms with E-state index >= 15 is 0 Å². The zero-order chi connectivity index (χ0) is 18.3. The minimum atomic E-state index is -0.286. The van der Waals surface area contributed by atoms with Gasteiger partial charge in [-0.05, 0) is 43.7 Å². The van der Waals surface area contributed by atoms with Gasteiger partial charge in [0.25, 0.3) is 5.91 Å². The number of para-hydroxylation sites is 1. The van der Waals surface area contributed by atoms with Crippen LogP contribution in [0.25, 0.3) is 0 Å². The third-order valence-electron chi connectivity index (χ3n) is 5.95. The lowest BCUT2D eigenvalue weighted by Gasteiger charge is -2.31. The number of carbonyl (C=O) groups is 3. The quantitative estimate of drug-likeness (QED) is 0.607. The molecule has 3 amide bonds. The molecular formula is C21H24N2O3. The Morgan fingerprint density at radius 1 is 0.962 bits per heavy atom. The number of piperidine rings is 1. The van der Waals surface area contributed by atoms with Crippen molar-refractivity contribution >= 4 is 23.4 Å². The Morgan fingerprint density at radius 3 is 2.15 bits per heavy atom. The van der Waals surface area contributed by atoms with Crippen LogP contribution in [0.3, 0.4) is 0 Å². The van der Waals surface area contributed by atoms with Crippen LogP contribution in [0.2, 0.25) is 0 Å². The molecule has 2 aliphatic heterocycles. The van der Waals surface area contributed by atoms with Crippen LogP contribution in [0, 0.1) is 17.8 Å². The van der Waals surface area contributed by atoms with Crippen LogP contribution in [0.1, 0.15) is 43.0 Å². The first kappa shape index (κ1) is 17.0. The zero-order valence-electron chi connectivity index (χ0n) is 15.1. The summed E-state index contributed by atoms with van der Waals surface area (Å²) in [5.41, 5.74) is 0.899. The van der Waals surface area contributed by atoms with E-state index in [1.165, 1.54) is 4.90 Å². The van der Waals surface area contributed by atoms with Crippen molar-refractivity contribution in [3.05, 3.63) is 42.0 Å². The average Bonchev–Trinajstić information content (AvgIpc) is 2.93. The van der Waals surface area contributed by atoms with E-state index in [9.17, 15) is 14.4 Å². The maximum atomic E-state index is 13.1. The van der Waals surface area contributed by atoms with Crippen molar-refractivity contribution in [2.45, 2.75) is 32.6 Å². The summed E-state index contributed by atoms with van der Waals surface area (Å²) in [6.45, 7) is 3.66. The van der Waals surface area contributed by atoms with Crippen molar-refractivity contribution in [1.82, 2.24) is 4.90 Å². The van der Waals surface area contributed by atoms with Gasteiger partial charge in [0.2, 0.25) is 11.8 Å². The highest BCUT2D eigenvalue weighted by Gasteiger charge is 2.48. The number of rotatable bonds is 2. The summed E-state index contributed by atoms with van der Waals surface area (Å²) >= 11 is 0. The molecule has 0 bridgehead atoms. The van der Waals surface area contributed by atoms with Crippen LogP contribution in [0.5, 0.6) is 0 Å². The van der Waals surface area contributed by atoms with Gasteiger partial charge in [-0.1, -0.05) is 31.2 Å². The second-order valence-corrected chi connectivity index (χ2v) is 7.66. The Hall–Kier alpha value is -2.43. The van der Waals surface area contributed by atoms with Crippen molar-refractivity contribution in [1.29, 1.82) is 0 Å². The van der Waals surface area contributed by atoms with Gasteiger partial charge in [-0.25, -0.2) is 4.90 Å². The normalized spacial score (nSPS) is 26.3. The maximum Gasteiger partial charge on any atom is 0.255 e. The summed E-state index contributed by atoms with van der Waals surface area (Å²) in [6, 6.07) is 7.03. The predicted molar refractivity (Wildman–Crippen MR) is 98.6 cm³/mol. The number of allylic oxidation sites excluding steroid dienone is 2. The SMILES string of the molecule is CC1CCN(C(=O)c2ccccc2N2C(=O)C3CC=CCC3C2=O)CC1. The predicted octanol–water partition coefficient (Wildman–Crippen LogP) is 3.01. The molecule has 1 aromatic rings. The van der Waals surface area contributed by atoms with Crippen molar-refractivity contribution in [3.8, 4) is 0 Å². The summed E-state index contributed by atoms with van der Waals surface area (Å²) in [7, 11) is 0. The first-order chi connectivity index (χ1) is 12.6. The number of hydrogen-bond acceptors (Lipinski definition) is 3. The monoisotopic (exact) mass is 352 g/mol. The minimum Gasteiger partial charge on any atom is -0.339 e. The number of likely N-dealkylation sites (tertiary alicyclic amines) is 1. The molecule has 136 valence electrons. The van der Waals surface area contributed by atoms with E-state index in [-0.39, 0.29) is 29.6 Å². The molecule has 1 aliphatic carbocycles. The molecule has 4 rings (SSSR count). The van der Waals surface area contributed by atoms with Crippen molar-refractivity contribution in [2.24, 2.45) is 17.8 Å². The molecule has 2 fully saturated rings. The topological polar surface area (TPSA) is 57.7 Å². The highest BCUT2D eigenvalue weighted by atomic mass is 16.2. The number of amides is 3. The van der Waals surface area contributed by atoms with Crippen LogP contribution in [-0.2, 0) is 9.59 Å². The lowest BCUT2D eigenvalue weighted by molar-refractivity contribution is -0.122. The van der Waals surface area contributed by atoms with E-state index in [0.717, 1.165) is 25.9 Å². The molecule has 5 nitrogen and oxygen atoms in total. The number of anilines is 1. The van der Waals surface area contributed by atoms with Gasteiger partial charge in [0.1, 0.15) is 0 Å².